The molecule has 2 amide bonds. The molecule has 0 saturated carbocycles. The van der Waals surface area contributed by atoms with Gasteiger partial charge in [-0.05, 0) is 55.5 Å². The number of amides is 2. The maximum Gasteiger partial charge on any atom is 0.285 e. The van der Waals surface area contributed by atoms with Crippen LogP contribution in [-0.2, 0) is 4.84 Å². The zero-order chi connectivity index (χ0) is 26.6. The number of anilines is 1. The number of rotatable bonds is 9. The lowest BCUT2D eigenvalue weighted by atomic mass is 10.1. The summed E-state index contributed by atoms with van der Waals surface area (Å²) in [7, 11) is 0. The van der Waals surface area contributed by atoms with Gasteiger partial charge in [0.2, 0.25) is 0 Å². The van der Waals surface area contributed by atoms with Crippen molar-refractivity contribution in [2.24, 2.45) is 10.2 Å². The minimum absolute atomic E-state index is 0.0236. The summed E-state index contributed by atoms with van der Waals surface area (Å²) in [6, 6.07) is 24.1. The Hall–Kier alpha value is -4.96. The van der Waals surface area contributed by atoms with Crippen LogP contribution in [0.25, 0.3) is 10.8 Å². The Morgan fingerprint density at radius 3 is 2.11 bits per heavy atom. The van der Waals surface area contributed by atoms with E-state index in [1.165, 1.54) is 6.07 Å². The van der Waals surface area contributed by atoms with Crippen molar-refractivity contribution >= 4 is 45.3 Å². The van der Waals surface area contributed by atoms with E-state index in [1.807, 2.05) is 36.1 Å². The standard InChI is InChI=1S/C28H23N5O5/c1-2-31(17-18-38-32-27(34)23-9-5-6-10-24(23)28(32)35)20-13-11-19(12-14-20)29-30-25-15-16-26(33(36)37)22-8-4-3-7-21(22)25/h3-16H,2,17-18H2,1H3/b30-29+. The normalized spacial score (nSPS) is 12.9. The molecule has 0 N–H and O–H groups in total. The zero-order valence-electron chi connectivity index (χ0n) is 20.5. The van der Waals surface area contributed by atoms with Crippen LogP contribution in [0, 0.1) is 10.1 Å². The van der Waals surface area contributed by atoms with Gasteiger partial charge in [0, 0.05) is 30.2 Å². The highest BCUT2D eigenvalue weighted by Gasteiger charge is 2.36. The van der Waals surface area contributed by atoms with Crippen LogP contribution in [0.3, 0.4) is 0 Å². The quantitative estimate of drug-likeness (QED) is 0.114. The molecule has 0 unspecified atom stereocenters. The minimum atomic E-state index is -0.454. The number of nitrogens with zero attached hydrogens (tertiary/aromatic N) is 5. The number of benzene rings is 4. The molecule has 0 saturated heterocycles. The monoisotopic (exact) mass is 509 g/mol. The molecular weight excluding hydrogens is 486 g/mol. The van der Waals surface area contributed by atoms with Crippen molar-refractivity contribution in [1.29, 1.82) is 0 Å². The molecule has 1 aliphatic heterocycles. The summed E-state index contributed by atoms with van der Waals surface area (Å²) in [5.41, 5.74) is 2.78. The van der Waals surface area contributed by atoms with E-state index in [0.717, 1.165) is 10.8 Å². The lowest BCUT2D eigenvalue weighted by Gasteiger charge is -2.24. The van der Waals surface area contributed by atoms with Crippen molar-refractivity contribution in [2.45, 2.75) is 6.92 Å². The fraction of sp³-hybridized carbons (Fsp3) is 0.143. The molecule has 5 rings (SSSR count). The second-order valence-electron chi connectivity index (χ2n) is 8.49. The number of fused-ring (bicyclic) bond motifs is 2. The van der Waals surface area contributed by atoms with Crippen LogP contribution < -0.4 is 4.90 Å². The van der Waals surface area contributed by atoms with Crippen LogP contribution in [0.5, 0.6) is 0 Å². The fourth-order valence-electron chi connectivity index (χ4n) is 4.35. The highest BCUT2D eigenvalue weighted by molar-refractivity contribution is 6.20. The van der Waals surface area contributed by atoms with Crippen molar-refractivity contribution in [3.05, 3.63) is 106 Å². The third-order valence-corrected chi connectivity index (χ3v) is 6.28. The number of likely N-dealkylation sites (N-methyl/N-ethyl adjacent to an activating group) is 1. The van der Waals surface area contributed by atoms with Crippen molar-refractivity contribution < 1.29 is 19.3 Å². The largest absolute Gasteiger partial charge is 0.369 e. The summed E-state index contributed by atoms with van der Waals surface area (Å²) in [5, 5.41) is 21.9. The van der Waals surface area contributed by atoms with E-state index in [4.69, 9.17) is 4.84 Å². The third-order valence-electron chi connectivity index (χ3n) is 6.28. The first-order chi connectivity index (χ1) is 18.5. The molecule has 1 heterocycles. The molecule has 190 valence electrons. The van der Waals surface area contributed by atoms with Gasteiger partial charge in [0.1, 0.15) is 0 Å². The number of carbonyl (C=O) groups is 2. The van der Waals surface area contributed by atoms with E-state index >= 15 is 0 Å². The molecule has 10 nitrogen and oxygen atoms in total. The Labute approximate surface area is 217 Å². The number of azo groups is 1. The van der Waals surface area contributed by atoms with E-state index in [0.29, 0.717) is 46.4 Å². The molecule has 4 aromatic carbocycles. The van der Waals surface area contributed by atoms with Gasteiger partial charge in [0.05, 0.1) is 39.4 Å². The lowest BCUT2D eigenvalue weighted by Crippen LogP contribution is -2.34. The number of nitro benzene ring substituents is 1. The lowest BCUT2D eigenvalue weighted by molar-refractivity contribution is -0.383. The highest BCUT2D eigenvalue weighted by Crippen LogP contribution is 2.34. The van der Waals surface area contributed by atoms with Gasteiger partial charge in [0.15, 0.2) is 0 Å². The van der Waals surface area contributed by atoms with Gasteiger partial charge < -0.3 is 4.90 Å². The smallest absolute Gasteiger partial charge is 0.285 e. The van der Waals surface area contributed by atoms with Gasteiger partial charge in [-0.25, -0.2) is 0 Å². The predicted molar refractivity (Wildman–Crippen MR) is 142 cm³/mol. The van der Waals surface area contributed by atoms with E-state index in [9.17, 15) is 19.7 Å². The number of non-ortho nitro benzene ring substituents is 1. The average Bonchev–Trinajstić information content (AvgIpc) is 3.19. The molecule has 38 heavy (non-hydrogen) atoms. The Balaban J connectivity index is 1.23. The summed E-state index contributed by atoms with van der Waals surface area (Å²) in [6.45, 7) is 3.28. The minimum Gasteiger partial charge on any atom is -0.369 e. The van der Waals surface area contributed by atoms with Crippen molar-refractivity contribution in [2.75, 3.05) is 24.6 Å². The second-order valence-corrected chi connectivity index (χ2v) is 8.49. The molecular formula is C28H23N5O5. The SMILES string of the molecule is CCN(CCON1C(=O)c2ccccc2C1=O)c1ccc(/N=N/c2ccc([N+](=O)[O-])c3ccccc23)cc1. The van der Waals surface area contributed by atoms with Crippen LogP contribution in [0.4, 0.5) is 22.7 Å². The molecule has 0 aliphatic carbocycles. The molecule has 10 heteroatoms. The first-order valence-electron chi connectivity index (χ1n) is 12.0. The van der Waals surface area contributed by atoms with E-state index in [-0.39, 0.29) is 12.3 Å². The van der Waals surface area contributed by atoms with Crippen molar-refractivity contribution in [3.63, 3.8) is 0 Å². The summed E-state index contributed by atoms with van der Waals surface area (Å²) in [6.07, 6.45) is 0. The summed E-state index contributed by atoms with van der Waals surface area (Å²) >= 11 is 0. The summed E-state index contributed by atoms with van der Waals surface area (Å²) in [4.78, 5) is 43.4. The van der Waals surface area contributed by atoms with Crippen LogP contribution in [0.2, 0.25) is 0 Å². The van der Waals surface area contributed by atoms with Crippen LogP contribution in [0.15, 0.2) is 95.2 Å². The van der Waals surface area contributed by atoms with Gasteiger partial charge in [-0.15, -0.1) is 10.2 Å². The van der Waals surface area contributed by atoms with Crippen LogP contribution in [0.1, 0.15) is 27.6 Å². The molecule has 0 fully saturated rings. The number of hydrogen-bond acceptors (Lipinski definition) is 8. The Morgan fingerprint density at radius 1 is 0.842 bits per heavy atom. The Kier molecular flexibility index (Phi) is 6.88. The number of hydroxylamine groups is 2. The highest BCUT2D eigenvalue weighted by atomic mass is 16.7. The number of nitro groups is 1. The molecule has 0 bridgehead atoms. The molecule has 0 spiro atoms. The molecule has 0 radical (unpaired) electrons. The van der Waals surface area contributed by atoms with Gasteiger partial charge in [-0.3, -0.25) is 24.5 Å². The zero-order valence-corrected chi connectivity index (χ0v) is 20.5. The van der Waals surface area contributed by atoms with Crippen LogP contribution >= 0.6 is 0 Å². The molecule has 0 atom stereocenters. The van der Waals surface area contributed by atoms with Gasteiger partial charge in [-0.2, -0.15) is 5.11 Å². The Bertz CT molecular complexity index is 1530. The van der Waals surface area contributed by atoms with Crippen LogP contribution in [-0.4, -0.2) is 41.5 Å². The number of hydrogen-bond donors (Lipinski definition) is 0. The molecule has 4 aromatic rings. The molecule has 0 aromatic heterocycles. The summed E-state index contributed by atoms with van der Waals surface area (Å²) in [5.74, 6) is -0.909. The van der Waals surface area contributed by atoms with E-state index in [1.54, 1.807) is 54.6 Å². The van der Waals surface area contributed by atoms with Crippen molar-refractivity contribution in [1.82, 2.24) is 5.06 Å². The number of imide groups is 1. The number of carbonyl (C=O) groups excluding carboxylic acids is 2. The Morgan fingerprint density at radius 2 is 1.47 bits per heavy atom. The topological polar surface area (TPSA) is 118 Å². The first-order valence-corrected chi connectivity index (χ1v) is 12.0. The maximum atomic E-state index is 12.5. The van der Waals surface area contributed by atoms with Crippen molar-refractivity contribution in [3.8, 4) is 0 Å². The fourth-order valence-corrected chi connectivity index (χ4v) is 4.35. The van der Waals surface area contributed by atoms with Gasteiger partial charge in [-0.1, -0.05) is 30.3 Å². The van der Waals surface area contributed by atoms with E-state index < -0.39 is 16.7 Å². The first kappa shape index (κ1) is 24.7. The van der Waals surface area contributed by atoms with Gasteiger partial charge in [0.25, 0.3) is 17.5 Å². The predicted octanol–water partition coefficient (Wildman–Crippen LogP) is 6.22. The molecule has 1 aliphatic rings. The van der Waals surface area contributed by atoms with E-state index in [2.05, 4.69) is 10.2 Å². The van der Waals surface area contributed by atoms with Gasteiger partial charge >= 0.3 is 0 Å². The maximum absolute atomic E-state index is 12.5. The summed E-state index contributed by atoms with van der Waals surface area (Å²) < 4.78 is 0. The third kappa shape index (κ3) is 4.72. The second kappa shape index (κ2) is 10.6. The average molecular weight is 510 g/mol.